The molecular weight excluding hydrogens is 604 g/mol. The summed E-state index contributed by atoms with van der Waals surface area (Å²) in [6.07, 6.45) is 1.78. The van der Waals surface area contributed by atoms with Crippen LogP contribution in [-0.2, 0) is 0 Å². The molecule has 0 N–H and O–H groups in total. The number of ketones is 2. The topological polar surface area (TPSA) is 37.4 Å². The summed E-state index contributed by atoms with van der Waals surface area (Å²) in [6.45, 7) is 0. The van der Waals surface area contributed by atoms with E-state index in [1.54, 1.807) is 6.08 Å². The van der Waals surface area contributed by atoms with Gasteiger partial charge in [-0.2, -0.15) is 0 Å². The van der Waals surface area contributed by atoms with E-state index in [0.717, 1.165) is 41.9 Å². The number of rotatable bonds is 4. The van der Waals surface area contributed by atoms with Crippen molar-refractivity contribution in [2.24, 2.45) is 0 Å². The van der Waals surface area contributed by atoms with Crippen LogP contribution >= 0.6 is 23.2 Å². The molecule has 192 valence electrons. The number of halogens is 2. The molecule has 1 aliphatic carbocycles. The zero-order valence-electron chi connectivity index (χ0n) is 20.9. The van der Waals surface area contributed by atoms with Crippen LogP contribution < -0.4 is 4.90 Å². The molecule has 0 saturated carbocycles. The first-order valence-electron chi connectivity index (χ1n) is 12.6. The maximum atomic E-state index is 13.3. The molecule has 6 aromatic rings. The molecule has 1 heterocycles. The average Bonchev–Trinajstić information content (AvgIpc) is 3.53. The van der Waals surface area contributed by atoms with Gasteiger partial charge in [0.1, 0.15) is 0 Å². The van der Waals surface area contributed by atoms with Crippen molar-refractivity contribution in [3.8, 4) is 0 Å². The van der Waals surface area contributed by atoms with Crippen LogP contribution in [0.3, 0.4) is 0 Å². The number of carbonyl (C=O) groups excluding carboxylic acids is 2. The van der Waals surface area contributed by atoms with Gasteiger partial charge < -0.3 is 0 Å². The molecule has 6 heteroatoms. The van der Waals surface area contributed by atoms with Crippen LogP contribution in [0.1, 0.15) is 25.2 Å². The molecule has 0 saturated heterocycles. The van der Waals surface area contributed by atoms with Gasteiger partial charge in [0.15, 0.2) is 0 Å². The SMILES string of the molecule is O=C1C(=Cc2ccc(N(c3ccc(Cl)cc3)c3ccc(Cl)c4ccccc34)[se]2)C(=O)c2cc3ccccc3cc21. The molecule has 7 rings (SSSR count). The van der Waals surface area contributed by atoms with Crippen molar-refractivity contribution >= 4 is 92.8 Å². The third-order valence-corrected chi connectivity index (χ3v) is 9.87. The molecule has 0 amide bonds. The van der Waals surface area contributed by atoms with Crippen molar-refractivity contribution < 1.29 is 9.59 Å². The fraction of sp³-hybridized carbons (Fsp3) is 0. The van der Waals surface area contributed by atoms with Gasteiger partial charge in [-0.3, -0.25) is 0 Å². The van der Waals surface area contributed by atoms with Crippen LogP contribution in [0, 0.1) is 0 Å². The van der Waals surface area contributed by atoms with Gasteiger partial charge in [0.25, 0.3) is 0 Å². The average molecular weight is 623 g/mol. The second-order valence-electron chi connectivity index (χ2n) is 9.56. The van der Waals surface area contributed by atoms with Crippen molar-refractivity contribution in [3.63, 3.8) is 0 Å². The van der Waals surface area contributed by atoms with Crippen molar-refractivity contribution in [2.45, 2.75) is 0 Å². The number of allylic oxidation sites excluding steroid dienone is 1. The Morgan fingerprint density at radius 1 is 0.650 bits per heavy atom. The summed E-state index contributed by atoms with van der Waals surface area (Å²) in [5.74, 6) is -0.427. The van der Waals surface area contributed by atoms with Crippen molar-refractivity contribution in [2.75, 3.05) is 4.90 Å². The fourth-order valence-corrected chi connectivity index (χ4v) is 7.66. The van der Waals surface area contributed by atoms with Gasteiger partial charge in [-0.05, 0) is 0 Å². The Morgan fingerprint density at radius 2 is 1.27 bits per heavy atom. The van der Waals surface area contributed by atoms with Gasteiger partial charge in [0.2, 0.25) is 0 Å². The molecule has 0 radical (unpaired) electrons. The number of hydrogen-bond acceptors (Lipinski definition) is 3. The van der Waals surface area contributed by atoms with E-state index < -0.39 is 0 Å². The molecule has 0 spiro atoms. The first-order chi connectivity index (χ1) is 19.5. The number of fused-ring (bicyclic) bond motifs is 3. The van der Waals surface area contributed by atoms with E-state index in [4.69, 9.17) is 23.2 Å². The van der Waals surface area contributed by atoms with Crippen LogP contribution in [0.4, 0.5) is 15.9 Å². The fourth-order valence-electron chi connectivity index (χ4n) is 5.24. The Labute approximate surface area is 246 Å². The molecule has 0 bridgehead atoms. The number of nitrogens with zero attached hydrogens (tertiary/aromatic N) is 1. The van der Waals surface area contributed by atoms with Gasteiger partial charge in [0, 0.05) is 0 Å². The number of Topliss-reactive ketones (excluding diaryl/α,β-unsaturated/α-hetero) is 2. The van der Waals surface area contributed by atoms with Crippen molar-refractivity contribution in [3.05, 3.63) is 140 Å². The van der Waals surface area contributed by atoms with Crippen LogP contribution in [0.15, 0.2) is 115 Å². The summed E-state index contributed by atoms with van der Waals surface area (Å²) in [4.78, 5) is 28.9. The van der Waals surface area contributed by atoms with E-state index in [1.807, 2.05) is 97.1 Å². The third-order valence-electron chi connectivity index (χ3n) is 7.16. The van der Waals surface area contributed by atoms with Crippen LogP contribution in [0.2, 0.25) is 10.0 Å². The Kier molecular flexibility index (Phi) is 6.22. The monoisotopic (exact) mass is 623 g/mol. The maximum absolute atomic E-state index is 13.3. The minimum atomic E-state index is -0.214. The number of carbonyl (C=O) groups is 2. The van der Waals surface area contributed by atoms with Gasteiger partial charge in [-0.1, -0.05) is 0 Å². The molecular formula is C34H19Cl2NO2Se. The van der Waals surface area contributed by atoms with Gasteiger partial charge in [-0.25, -0.2) is 0 Å². The third kappa shape index (κ3) is 4.21. The summed E-state index contributed by atoms with van der Waals surface area (Å²) in [7, 11) is 0. The van der Waals surface area contributed by atoms with Gasteiger partial charge in [-0.15, -0.1) is 0 Å². The molecule has 1 aliphatic rings. The summed E-state index contributed by atoms with van der Waals surface area (Å²) >= 11 is 12.6. The Hall–Kier alpha value is -3.92. The summed E-state index contributed by atoms with van der Waals surface area (Å²) in [6, 6.07) is 35.2. The Morgan fingerprint density at radius 3 is 1.95 bits per heavy atom. The zero-order chi connectivity index (χ0) is 27.4. The predicted molar refractivity (Wildman–Crippen MR) is 166 cm³/mol. The first kappa shape index (κ1) is 25.1. The Bertz CT molecular complexity index is 1970. The molecule has 1 aromatic heterocycles. The molecule has 3 nitrogen and oxygen atoms in total. The van der Waals surface area contributed by atoms with E-state index >= 15 is 0 Å². The van der Waals surface area contributed by atoms with E-state index in [0.29, 0.717) is 21.2 Å². The van der Waals surface area contributed by atoms with Gasteiger partial charge in [0.05, 0.1) is 0 Å². The summed E-state index contributed by atoms with van der Waals surface area (Å²) in [5.41, 5.74) is 3.13. The minimum absolute atomic E-state index is 0.173. The number of hydrogen-bond donors (Lipinski definition) is 0. The number of anilines is 3. The molecule has 0 unspecified atom stereocenters. The van der Waals surface area contributed by atoms with Crippen LogP contribution in [0.5, 0.6) is 0 Å². The van der Waals surface area contributed by atoms with E-state index in [9.17, 15) is 9.59 Å². The van der Waals surface area contributed by atoms with E-state index in [1.165, 1.54) is 0 Å². The Balaban J connectivity index is 1.33. The van der Waals surface area contributed by atoms with E-state index in [2.05, 4.69) is 17.0 Å². The summed E-state index contributed by atoms with van der Waals surface area (Å²) in [5, 5.41) is 5.24. The van der Waals surface area contributed by atoms with Crippen molar-refractivity contribution in [1.82, 2.24) is 0 Å². The predicted octanol–water partition coefficient (Wildman–Crippen LogP) is 9.29. The standard InChI is InChI=1S/C34H19Cl2NO2Se/c35-22-9-11-23(12-10-22)37(31-15-14-30(36)25-7-3-4-8-26(25)31)32-16-13-24(40-32)19-29-33(38)27-17-20-5-1-2-6-21(20)18-28(27)34(29)39/h1-19H. The molecule has 0 atom stereocenters. The second-order valence-corrected chi connectivity index (χ2v) is 12.7. The molecule has 0 fully saturated rings. The van der Waals surface area contributed by atoms with Crippen molar-refractivity contribution in [1.29, 1.82) is 0 Å². The summed E-state index contributed by atoms with van der Waals surface area (Å²) < 4.78 is 2.02. The van der Waals surface area contributed by atoms with Crippen LogP contribution in [0.25, 0.3) is 27.6 Å². The number of benzene rings is 5. The normalized spacial score (nSPS) is 12.8. The molecule has 40 heavy (non-hydrogen) atoms. The molecule has 0 aliphatic heterocycles. The van der Waals surface area contributed by atoms with Crippen LogP contribution in [-0.4, -0.2) is 26.1 Å². The molecule has 5 aromatic carbocycles. The quantitative estimate of drug-likeness (QED) is 0.112. The van der Waals surface area contributed by atoms with Gasteiger partial charge >= 0.3 is 248 Å². The zero-order valence-corrected chi connectivity index (χ0v) is 24.1. The second kappa shape index (κ2) is 9.92. The first-order valence-corrected chi connectivity index (χ1v) is 15.1. The van der Waals surface area contributed by atoms with E-state index in [-0.39, 0.29) is 31.6 Å².